The smallest absolute Gasteiger partial charge is 0.271 e. The lowest BCUT2D eigenvalue weighted by molar-refractivity contribution is -0.676. The van der Waals surface area contributed by atoms with E-state index in [1.165, 1.54) is 5.52 Å². The number of nitrogens with zero attached hydrogens (tertiary/aromatic N) is 2. The van der Waals surface area contributed by atoms with Gasteiger partial charge >= 0.3 is 0 Å². The maximum atomic E-state index is 6.04. The van der Waals surface area contributed by atoms with Crippen LogP contribution >= 0.6 is 11.6 Å². The number of aryl methyl sites for hydroxylation is 2. The third kappa shape index (κ3) is 1.60. The van der Waals surface area contributed by atoms with E-state index in [0.29, 0.717) is 6.54 Å². The molecule has 2 N–H and O–H groups in total. The number of nitrogens with two attached hydrogens (primary N) is 1. The fourth-order valence-corrected chi connectivity index (χ4v) is 2.46. The average Bonchev–Trinajstić information content (AvgIpc) is 2.60. The zero-order chi connectivity index (χ0) is 11.7. The molecule has 86 valence electrons. The van der Waals surface area contributed by atoms with E-state index in [4.69, 9.17) is 17.3 Å². The van der Waals surface area contributed by atoms with Crippen LogP contribution in [0.2, 0.25) is 5.02 Å². The average molecular weight is 239 g/mol. The van der Waals surface area contributed by atoms with Gasteiger partial charge < -0.3 is 5.73 Å². The lowest BCUT2D eigenvalue weighted by atomic mass is 10.3. The molecule has 1 aromatic heterocycles. The van der Waals surface area contributed by atoms with Gasteiger partial charge in [-0.3, -0.25) is 0 Å². The highest BCUT2D eigenvalue weighted by Crippen LogP contribution is 2.19. The van der Waals surface area contributed by atoms with Crippen molar-refractivity contribution in [1.29, 1.82) is 0 Å². The molecule has 0 spiro atoms. The summed E-state index contributed by atoms with van der Waals surface area (Å²) in [5.74, 6) is 1.15. The number of benzene rings is 1. The molecule has 0 bridgehead atoms. The first-order valence-electron chi connectivity index (χ1n) is 5.63. The van der Waals surface area contributed by atoms with E-state index >= 15 is 0 Å². The molecule has 2 rings (SSSR count). The monoisotopic (exact) mass is 238 g/mol. The molecule has 2 aromatic rings. The van der Waals surface area contributed by atoms with E-state index < -0.39 is 0 Å². The summed E-state index contributed by atoms with van der Waals surface area (Å²) in [6, 6.07) is 5.99. The highest BCUT2D eigenvalue weighted by Gasteiger charge is 2.21. The van der Waals surface area contributed by atoms with Crippen LogP contribution < -0.4 is 10.3 Å². The minimum absolute atomic E-state index is 0.550. The lowest BCUT2D eigenvalue weighted by Gasteiger charge is -1.98. The Balaban J connectivity index is 2.84. The van der Waals surface area contributed by atoms with Gasteiger partial charge in [-0.1, -0.05) is 11.6 Å². The topological polar surface area (TPSA) is 34.8 Å². The second-order valence-corrected chi connectivity index (χ2v) is 4.18. The third-order valence-corrected chi connectivity index (χ3v) is 3.19. The number of halogens is 1. The molecule has 1 heterocycles. The fraction of sp³-hybridized carbons (Fsp3) is 0.417. The van der Waals surface area contributed by atoms with Gasteiger partial charge in [0.25, 0.3) is 5.82 Å². The van der Waals surface area contributed by atoms with Crippen molar-refractivity contribution < 1.29 is 4.57 Å². The van der Waals surface area contributed by atoms with Crippen LogP contribution in [-0.4, -0.2) is 4.57 Å². The molecular formula is C12H17ClN3+. The summed E-state index contributed by atoms with van der Waals surface area (Å²) in [6.45, 7) is 6.65. The summed E-state index contributed by atoms with van der Waals surface area (Å²) in [4.78, 5) is 0. The lowest BCUT2D eigenvalue weighted by Crippen LogP contribution is -2.38. The van der Waals surface area contributed by atoms with Gasteiger partial charge in [0, 0.05) is 11.1 Å². The molecule has 0 fully saturated rings. The third-order valence-electron chi connectivity index (χ3n) is 2.96. The molecule has 0 saturated carbocycles. The van der Waals surface area contributed by atoms with Crippen LogP contribution in [0.1, 0.15) is 19.7 Å². The van der Waals surface area contributed by atoms with Crippen molar-refractivity contribution in [3.8, 4) is 0 Å². The summed E-state index contributed by atoms with van der Waals surface area (Å²) in [5, 5.41) is 0.770. The first-order chi connectivity index (χ1) is 7.72. The molecule has 4 heteroatoms. The molecule has 3 nitrogen and oxygen atoms in total. The van der Waals surface area contributed by atoms with Crippen molar-refractivity contribution in [2.24, 2.45) is 5.73 Å². The van der Waals surface area contributed by atoms with E-state index in [9.17, 15) is 0 Å². The molecule has 0 radical (unpaired) electrons. The zero-order valence-electron chi connectivity index (χ0n) is 9.70. The van der Waals surface area contributed by atoms with Gasteiger partial charge in [0.2, 0.25) is 0 Å². The minimum atomic E-state index is 0.550. The van der Waals surface area contributed by atoms with Crippen molar-refractivity contribution in [3.63, 3.8) is 0 Å². The molecule has 0 amide bonds. The minimum Gasteiger partial charge on any atom is -0.320 e. The summed E-state index contributed by atoms with van der Waals surface area (Å²) in [5.41, 5.74) is 8.20. The summed E-state index contributed by atoms with van der Waals surface area (Å²) >= 11 is 6.04. The van der Waals surface area contributed by atoms with Gasteiger partial charge in [0.15, 0.2) is 11.0 Å². The van der Waals surface area contributed by atoms with Crippen LogP contribution in [0.25, 0.3) is 11.0 Å². The fourth-order valence-electron chi connectivity index (χ4n) is 2.29. The van der Waals surface area contributed by atoms with Crippen LogP contribution in [0, 0.1) is 0 Å². The second-order valence-electron chi connectivity index (χ2n) is 3.74. The van der Waals surface area contributed by atoms with Crippen molar-refractivity contribution in [2.45, 2.75) is 33.5 Å². The molecule has 1 aromatic carbocycles. The Morgan fingerprint density at radius 1 is 1.38 bits per heavy atom. The van der Waals surface area contributed by atoms with Crippen LogP contribution in [-0.2, 0) is 19.6 Å². The Labute approximate surface area is 100 Å². The quantitative estimate of drug-likeness (QED) is 0.817. The predicted octanol–water partition coefficient (Wildman–Crippen LogP) is 2.08. The normalized spacial score (nSPS) is 11.2. The molecular weight excluding hydrogens is 222 g/mol. The first kappa shape index (κ1) is 11.4. The highest BCUT2D eigenvalue weighted by atomic mass is 35.5. The molecule has 0 saturated heterocycles. The molecule has 0 atom stereocenters. The van der Waals surface area contributed by atoms with Gasteiger partial charge in [0.1, 0.15) is 0 Å². The van der Waals surface area contributed by atoms with Crippen molar-refractivity contribution in [3.05, 3.63) is 29.0 Å². The number of imidazole rings is 1. The maximum absolute atomic E-state index is 6.04. The maximum Gasteiger partial charge on any atom is 0.271 e. The van der Waals surface area contributed by atoms with Crippen LogP contribution in [0.5, 0.6) is 0 Å². The molecule has 0 unspecified atom stereocenters. The summed E-state index contributed by atoms with van der Waals surface area (Å²) in [6.07, 6.45) is 0. The molecule has 0 aliphatic carbocycles. The van der Waals surface area contributed by atoms with E-state index in [2.05, 4.69) is 29.0 Å². The van der Waals surface area contributed by atoms with Crippen LogP contribution in [0.3, 0.4) is 0 Å². The SMILES string of the molecule is CCn1c(CN)[n+](CC)c2ccc(Cl)cc21. The number of hydrogen-bond acceptors (Lipinski definition) is 1. The highest BCUT2D eigenvalue weighted by molar-refractivity contribution is 6.31. The Kier molecular flexibility index (Phi) is 3.17. The number of aromatic nitrogens is 2. The summed E-state index contributed by atoms with van der Waals surface area (Å²) in [7, 11) is 0. The molecule has 0 aliphatic rings. The summed E-state index contributed by atoms with van der Waals surface area (Å²) < 4.78 is 4.47. The van der Waals surface area contributed by atoms with Gasteiger partial charge in [-0.2, -0.15) is 0 Å². The van der Waals surface area contributed by atoms with Crippen LogP contribution in [0.15, 0.2) is 18.2 Å². The molecule has 0 aliphatic heterocycles. The Morgan fingerprint density at radius 2 is 2.12 bits per heavy atom. The second kappa shape index (κ2) is 4.44. The predicted molar refractivity (Wildman–Crippen MR) is 66.4 cm³/mol. The number of hydrogen-bond donors (Lipinski definition) is 1. The largest absolute Gasteiger partial charge is 0.320 e. The Hall–Kier alpha value is -1.06. The number of fused-ring (bicyclic) bond motifs is 1. The van der Waals surface area contributed by atoms with E-state index in [1.807, 2.05) is 12.1 Å². The van der Waals surface area contributed by atoms with Crippen LogP contribution in [0.4, 0.5) is 0 Å². The van der Waals surface area contributed by atoms with Gasteiger partial charge in [-0.05, 0) is 26.0 Å². The standard InChI is InChI=1S/C12H17ClN3/c1-3-15-10-6-5-9(13)7-11(10)16(4-2)12(15)8-14/h5-7H,3-4,8,14H2,1-2H3/q+1. The van der Waals surface area contributed by atoms with E-state index in [1.54, 1.807) is 0 Å². The first-order valence-corrected chi connectivity index (χ1v) is 6.01. The Bertz CT molecular complexity index is 516. The van der Waals surface area contributed by atoms with E-state index in [0.717, 1.165) is 29.5 Å². The van der Waals surface area contributed by atoms with Gasteiger partial charge in [-0.15, -0.1) is 0 Å². The number of rotatable bonds is 3. The van der Waals surface area contributed by atoms with Crippen molar-refractivity contribution in [2.75, 3.05) is 0 Å². The molecule has 16 heavy (non-hydrogen) atoms. The van der Waals surface area contributed by atoms with Gasteiger partial charge in [0.05, 0.1) is 19.6 Å². The van der Waals surface area contributed by atoms with Crippen molar-refractivity contribution >= 4 is 22.6 Å². The van der Waals surface area contributed by atoms with Gasteiger partial charge in [-0.25, -0.2) is 9.13 Å². The zero-order valence-corrected chi connectivity index (χ0v) is 10.5. The van der Waals surface area contributed by atoms with E-state index in [-0.39, 0.29) is 0 Å². The van der Waals surface area contributed by atoms with Crippen molar-refractivity contribution in [1.82, 2.24) is 4.57 Å². The Morgan fingerprint density at radius 3 is 2.69 bits per heavy atom.